The maximum atomic E-state index is 12.3. The zero-order chi connectivity index (χ0) is 12.7. The summed E-state index contributed by atoms with van der Waals surface area (Å²) in [4.78, 5) is 12.3. The molecule has 6 heteroatoms. The highest BCUT2D eigenvalue weighted by Gasteiger charge is 2.19. The van der Waals surface area contributed by atoms with Gasteiger partial charge in [0.15, 0.2) is 17.3 Å². The summed E-state index contributed by atoms with van der Waals surface area (Å²) in [5, 5.41) is 0. The second-order valence-corrected chi connectivity index (χ2v) is 7.38. The molecule has 1 aromatic heterocycles. The van der Waals surface area contributed by atoms with Gasteiger partial charge in [0.2, 0.25) is 6.79 Å². The number of fused-ring (bicyclic) bond motifs is 1. The number of hydrogen-bond acceptors (Lipinski definition) is 4. The average molecular weight is 390 g/mol. The highest BCUT2D eigenvalue weighted by atomic mass is 79.9. The van der Waals surface area contributed by atoms with Crippen molar-refractivity contribution in [2.24, 2.45) is 0 Å². The summed E-state index contributed by atoms with van der Waals surface area (Å²) < 4.78 is 12.2. The Morgan fingerprint density at radius 2 is 1.94 bits per heavy atom. The Kier molecular flexibility index (Phi) is 3.17. The summed E-state index contributed by atoms with van der Waals surface area (Å²) >= 11 is 8.23. The zero-order valence-corrected chi connectivity index (χ0v) is 12.9. The number of rotatable bonds is 2. The largest absolute Gasteiger partial charge is 0.454 e. The molecule has 2 heterocycles. The SMILES string of the molecule is O=C(c1ccc2c(c1)OCO2)c1cc(Br)sc1Br. The van der Waals surface area contributed by atoms with E-state index in [2.05, 4.69) is 31.9 Å². The van der Waals surface area contributed by atoms with E-state index in [0.717, 1.165) is 7.57 Å². The molecule has 0 fully saturated rings. The molecule has 3 rings (SSSR count). The zero-order valence-electron chi connectivity index (χ0n) is 8.91. The molecular formula is C12H6Br2O3S. The first-order valence-corrected chi connectivity index (χ1v) is 7.44. The molecule has 0 N–H and O–H groups in total. The number of carbonyl (C=O) groups is 1. The van der Waals surface area contributed by atoms with E-state index in [-0.39, 0.29) is 12.6 Å². The van der Waals surface area contributed by atoms with Crippen molar-refractivity contribution in [3.8, 4) is 11.5 Å². The molecule has 1 aliphatic rings. The molecule has 0 saturated carbocycles. The maximum Gasteiger partial charge on any atom is 0.231 e. The van der Waals surface area contributed by atoms with Crippen LogP contribution in [-0.4, -0.2) is 12.6 Å². The Morgan fingerprint density at radius 3 is 2.67 bits per heavy atom. The van der Waals surface area contributed by atoms with E-state index in [9.17, 15) is 4.79 Å². The van der Waals surface area contributed by atoms with Crippen LogP contribution in [0.15, 0.2) is 31.8 Å². The Bertz CT molecular complexity index is 636. The number of carbonyl (C=O) groups excluding carboxylic acids is 1. The highest BCUT2D eigenvalue weighted by molar-refractivity contribution is 9.12. The summed E-state index contributed by atoms with van der Waals surface area (Å²) in [6.45, 7) is 0.209. The van der Waals surface area contributed by atoms with Crippen LogP contribution in [0.4, 0.5) is 0 Å². The third kappa shape index (κ3) is 2.08. The monoisotopic (exact) mass is 388 g/mol. The molecule has 0 unspecified atom stereocenters. The summed E-state index contributed by atoms with van der Waals surface area (Å²) in [5.41, 5.74) is 1.23. The van der Waals surface area contributed by atoms with Gasteiger partial charge in [0.1, 0.15) is 0 Å². The minimum atomic E-state index is -0.0397. The van der Waals surface area contributed by atoms with E-state index in [4.69, 9.17) is 9.47 Å². The lowest BCUT2D eigenvalue weighted by atomic mass is 10.1. The highest BCUT2D eigenvalue weighted by Crippen LogP contribution is 2.36. The topological polar surface area (TPSA) is 35.5 Å². The molecule has 2 aromatic rings. The predicted octanol–water partition coefficient (Wildman–Crippen LogP) is 4.23. The average Bonchev–Trinajstić information content (AvgIpc) is 2.93. The third-order valence-corrected chi connectivity index (χ3v) is 4.88. The molecule has 0 radical (unpaired) electrons. The molecule has 0 atom stereocenters. The lowest BCUT2D eigenvalue weighted by molar-refractivity contribution is 0.103. The molecule has 3 nitrogen and oxygen atoms in total. The molecule has 1 aliphatic heterocycles. The van der Waals surface area contributed by atoms with E-state index in [1.54, 1.807) is 18.2 Å². The minimum absolute atomic E-state index is 0.0397. The van der Waals surface area contributed by atoms with Gasteiger partial charge in [-0.3, -0.25) is 4.79 Å². The van der Waals surface area contributed by atoms with Crippen molar-refractivity contribution in [1.82, 2.24) is 0 Å². The van der Waals surface area contributed by atoms with Crippen molar-refractivity contribution < 1.29 is 14.3 Å². The Balaban J connectivity index is 2.00. The van der Waals surface area contributed by atoms with Gasteiger partial charge in [-0.05, 0) is 56.1 Å². The predicted molar refractivity (Wildman–Crippen MR) is 75.7 cm³/mol. The van der Waals surface area contributed by atoms with Crippen LogP contribution >= 0.6 is 43.2 Å². The molecule has 0 spiro atoms. The number of thiophene rings is 1. The van der Waals surface area contributed by atoms with Crippen LogP contribution < -0.4 is 9.47 Å². The molecule has 0 amide bonds. The van der Waals surface area contributed by atoms with E-state index in [1.807, 2.05) is 6.07 Å². The number of ketones is 1. The van der Waals surface area contributed by atoms with Gasteiger partial charge >= 0.3 is 0 Å². The Labute approximate surface area is 124 Å². The smallest absolute Gasteiger partial charge is 0.231 e. The van der Waals surface area contributed by atoms with Crippen LogP contribution in [0.2, 0.25) is 0 Å². The molecule has 92 valence electrons. The summed E-state index contributed by atoms with van der Waals surface area (Å²) in [6, 6.07) is 7.02. The van der Waals surface area contributed by atoms with Gasteiger partial charge in [0.05, 0.1) is 7.57 Å². The van der Waals surface area contributed by atoms with Crippen LogP contribution in [0.1, 0.15) is 15.9 Å². The first-order chi connectivity index (χ1) is 8.65. The van der Waals surface area contributed by atoms with Crippen molar-refractivity contribution in [2.75, 3.05) is 6.79 Å². The Morgan fingerprint density at radius 1 is 1.17 bits per heavy atom. The molecule has 0 aliphatic carbocycles. The summed E-state index contributed by atoms with van der Waals surface area (Å²) in [5.74, 6) is 1.26. The molecule has 0 saturated heterocycles. The third-order valence-electron chi connectivity index (χ3n) is 2.54. The van der Waals surface area contributed by atoms with Gasteiger partial charge in [-0.15, -0.1) is 11.3 Å². The van der Waals surface area contributed by atoms with E-state index >= 15 is 0 Å². The van der Waals surface area contributed by atoms with Crippen LogP contribution in [0.5, 0.6) is 11.5 Å². The van der Waals surface area contributed by atoms with Crippen LogP contribution in [0.25, 0.3) is 0 Å². The first-order valence-electron chi connectivity index (χ1n) is 5.04. The standard InChI is InChI=1S/C12H6Br2O3S/c13-10-4-7(12(14)18-10)11(15)6-1-2-8-9(3-6)17-5-16-8/h1-4H,5H2. The second kappa shape index (κ2) is 4.68. The molecule has 1 aromatic carbocycles. The van der Waals surface area contributed by atoms with Gasteiger partial charge < -0.3 is 9.47 Å². The van der Waals surface area contributed by atoms with Crippen LogP contribution in [0, 0.1) is 0 Å². The van der Waals surface area contributed by atoms with E-state index < -0.39 is 0 Å². The van der Waals surface area contributed by atoms with Gasteiger partial charge in [0.25, 0.3) is 0 Å². The van der Waals surface area contributed by atoms with Crippen LogP contribution in [-0.2, 0) is 0 Å². The minimum Gasteiger partial charge on any atom is -0.454 e. The lowest BCUT2D eigenvalue weighted by Gasteiger charge is -2.01. The number of hydrogen-bond donors (Lipinski definition) is 0. The number of benzene rings is 1. The number of ether oxygens (including phenoxy) is 2. The first kappa shape index (κ1) is 12.2. The summed E-state index contributed by atoms with van der Waals surface area (Å²) in [7, 11) is 0. The normalized spacial score (nSPS) is 12.8. The van der Waals surface area contributed by atoms with E-state index in [1.165, 1.54) is 11.3 Å². The Hall–Kier alpha value is -0.850. The van der Waals surface area contributed by atoms with Gasteiger partial charge in [-0.2, -0.15) is 0 Å². The second-order valence-electron chi connectivity index (χ2n) is 3.64. The van der Waals surface area contributed by atoms with Gasteiger partial charge in [-0.1, -0.05) is 0 Å². The van der Waals surface area contributed by atoms with Crippen molar-refractivity contribution in [3.63, 3.8) is 0 Å². The number of halogens is 2. The summed E-state index contributed by atoms with van der Waals surface area (Å²) in [6.07, 6.45) is 0. The van der Waals surface area contributed by atoms with Crippen molar-refractivity contribution in [2.45, 2.75) is 0 Å². The molecule has 0 bridgehead atoms. The lowest BCUT2D eigenvalue weighted by Crippen LogP contribution is -2.00. The molecule has 18 heavy (non-hydrogen) atoms. The molecular weight excluding hydrogens is 384 g/mol. The quantitative estimate of drug-likeness (QED) is 0.721. The fourth-order valence-corrected chi connectivity index (χ4v) is 4.48. The van der Waals surface area contributed by atoms with Crippen LogP contribution in [0.3, 0.4) is 0 Å². The van der Waals surface area contributed by atoms with Crippen molar-refractivity contribution in [3.05, 3.63) is 43.0 Å². The van der Waals surface area contributed by atoms with E-state index in [0.29, 0.717) is 22.6 Å². The fraction of sp³-hybridized carbons (Fsp3) is 0.0833. The van der Waals surface area contributed by atoms with Gasteiger partial charge in [-0.25, -0.2) is 0 Å². The fourth-order valence-electron chi connectivity index (χ4n) is 1.69. The maximum absolute atomic E-state index is 12.3. The van der Waals surface area contributed by atoms with Crippen molar-refractivity contribution >= 4 is 49.0 Å². The van der Waals surface area contributed by atoms with Gasteiger partial charge in [0, 0.05) is 11.1 Å². The van der Waals surface area contributed by atoms with Crippen molar-refractivity contribution in [1.29, 1.82) is 0 Å².